The monoisotopic (exact) mass is 1110 g/mol. The van der Waals surface area contributed by atoms with Crippen molar-refractivity contribution in [1.29, 1.82) is 0 Å². The topological polar surface area (TPSA) is 155 Å². The molecule has 0 aliphatic heterocycles. The Morgan fingerprint density at radius 3 is 1.03 bits per heavy atom. The number of unbranched alkanes of at least 4 members (excludes halogenated alkanes) is 24. The Kier molecular flexibility index (Phi) is 56.8. The number of phosphoric ester groups is 1. The van der Waals surface area contributed by atoms with Gasteiger partial charge in [0.2, 0.25) is 0 Å². The number of hydrogen-bond donors (Lipinski definition) is 2. The van der Waals surface area contributed by atoms with E-state index >= 15 is 0 Å². The second-order valence-electron chi connectivity index (χ2n) is 20.5. The first-order valence-electron chi connectivity index (χ1n) is 31.1. The number of carbonyl (C=O) groups is 3. The van der Waals surface area contributed by atoms with Crippen molar-refractivity contribution in [2.75, 3.05) is 26.4 Å². The van der Waals surface area contributed by atoms with Gasteiger partial charge < -0.3 is 24.2 Å². The van der Waals surface area contributed by atoms with E-state index in [1.165, 1.54) is 70.6 Å². The van der Waals surface area contributed by atoms with Crippen LogP contribution in [0.2, 0.25) is 0 Å². The number of ether oxygens (including phenoxy) is 3. The minimum atomic E-state index is -4.77. The smallest absolute Gasteiger partial charge is 0.462 e. The molecule has 0 aromatic rings. The molecule has 0 rings (SSSR count). The van der Waals surface area contributed by atoms with Gasteiger partial charge in [0.25, 0.3) is 0 Å². The number of esters is 3. The van der Waals surface area contributed by atoms with E-state index in [1.807, 2.05) is 0 Å². The molecule has 0 heterocycles. The molecule has 0 amide bonds. The summed E-state index contributed by atoms with van der Waals surface area (Å²) in [5, 5.41) is 9.84. The molecule has 0 saturated carbocycles. The van der Waals surface area contributed by atoms with Crippen LogP contribution < -0.4 is 0 Å². The molecular weight excluding hydrogens is 1000 g/mol. The summed E-state index contributed by atoms with van der Waals surface area (Å²) in [6.45, 7) is 4.40. The Balaban J connectivity index is 4.75. The van der Waals surface area contributed by atoms with Crippen LogP contribution in [0.15, 0.2) is 97.2 Å². The molecule has 2 N–H and O–H groups in total. The largest absolute Gasteiger partial charge is 0.472 e. The predicted octanol–water partition coefficient (Wildman–Crippen LogP) is 18.8. The third-order valence-electron chi connectivity index (χ3n) is 13.0. The third kappa shape index (κ3) is 57.1. The van der Waals surface area contributed by atoms with Crippen molar-refractivity contribution in [3.63, 3.8) is 0 Å². The van der Waals surface area contributed by atoms with Gasteiger partial charge in [0.05, 0.1) is 19.8 Å². The lowest BCUT2D eigenvalue weighted by atomic mass is 10.0. The highest BCUT2D eigenvalue weighted by molar-refractivity contribution is 7.47. The molecule has 0 spiro atoms. The van der Waals surface area contributed by atoms with Gasteiger partial charge in [-0.05, 0) is 96.3 Å². The summed E-state index contributed by atoms with van der Waals surface area (Å²) < 4.78 is 39.6. The zero-order valence-electron chi connectivity index (χ0n) is 49.6. The zero-order valence-corrected chi connectivity index (χ0v) is 50.5. The molecule has 0 fully saturated rings. The molecule has 0 aliphatic rings. The van der Waals surface area contributed by atoms with Gasteiger partial charge in [-0.25, -0.2) is 4.57 Å². The summed E-state index contributed by atoms with van der Waals surface area (Å²) in [4.78, 5) is 48.7. The van der Waals surface area contributed by atoms with Crippen LogP contribution in [0.25, 0.3) is 0 Å². The fraction of sp³-hybridized carbons (Fsp3) is 0.712. The maximum atomic E-state index is 12.9. The Morgan fingerprint density at radius 2 is 0.667 bits per heavy atom. The number of aliphatic hydroxyl groups excluding tert-OH is 1. The molecule has 0 saturated heterocycles. The van der Waals surface area contributed by atoms with E-state index in [4.69, 9.17) is 23.3 Å². The summed E-state index contributed by atoms with van der Waals surface area (Å²) >= 11 is 0. The normalized spacial score (nSPS) is 14.0. The first kappa shape index (κ1) is 74.4. The molecule has 0 aromatic carbocycles. The number of hydrogen-bond acceptors (Lipinski definition) is 10. The number of allylic oxidation sites excluding steroid dienone is 16. The third-order valence-corrected chi connectivity index (χ3v) is 14.0. The van der Waals surface area contributed by atoms with Crippen molar-refractivity contribution in [2.45, 2.75) is 277 Å². The number of phosphoric acid groups is 1. The van der Waals surface area contributed by atoms with Gasteiger partial charge in [-0.2, -0.15) is 0 Å². The van der Waals surface area contributed by atoms with E-state index in [0.29, 0.717) is 19.3 Å². The van der Waals surface area contributed by atoms with Crippen LogP contribution in [0, 0.1) is 0 Å². The second-order valence-corrected chi connectivity index (χ2v) is 21.9. The molecule has 3 atom stereocenters. The first-order valence-corrected chi connectivity index (χ1v) is 32.6. The Labute approximate surface area is 476 Å². The quantitative estimate of drug-likeness (QED) is 0.0197. The van der Waals surface area contributed by atoms with Crippen LogP contribution in [-0.2, 0) is 42.2 Å². The molecule has 0 aromatic heterocycles. The number of aliphatic hydroxyl groups is 1. The average Bonchev–Trinajstić information content (AvgIpc) is 3.43. The van der Waals surface area contributed by atoms with Gasteiger partial charge in [-0.1, -0.05) is 246 Å². The SMILES string of the molecule is CC/C=C\C/C=C\C/C=C\C/C=C\CCCCCCCCC(=O)OC(COC(=O)CCCCCCCCCCCCCCCCC)COP(=O)(O)OCC(CO)OC(=O)CCCCCC/C=C\C/C=C\C/C=C\C/C=C\CC. The van der Waals surface area contributed by atoms with Gasteiger partial charge in [0, 0.05) is 19.3 Å². The van der Waals surface area contributed by atoms with Gasteiger partial charge in [0.1, 0.15) is 12.7 Å². The molecule has 3 unspecified atom stereocenters. The van der Waals surface area contributed by atoms with Crippen LogP contribution in [-0.4, -0.2) is 66.5 Å². The fourth-order valence-electron chi connectivity index (χ4n) is 8.34. The standard InChI is InChI=1S/C66H113O11P/c1-4-7-10-13-16-19-22-25-28-30-31-33-36-39-42-45-48-51-54-57-66(70)77-63(59-73-64(68)55-52-49-46-43-40-37-34-27-24-21-18-15-12-9-6-3)61-75-78(71,72)74-60-62(58-67)76-65(69)56-53-50-47-44-41-38-35-32-29-26-23-20-17-14-11-8-5-2/h7-8,10-11,16-17,19-20,25-26,28-29,31,33,35,38,62-63,67H,4-6,9,12-15,18,21-24,27,30,32,34,36-37,39-61H2,1-3H3,(H,71,72)/b10-7-,11-8-,19-16-,20-17-,28-25-,29-26-,33-31-,38-35-. The van der Waals surface area contributed by atoms with E-state index in [0.717, 1.165) is 135 Å². The Hall–Kier alpha value is -3.60. The minimum absolute atomic E-state index is 0.145. The molecule has 78 heavy (non-hydrogen) atoms. The van der Waals surface area contributed by atoms with E-state index < -0.39 is 57.8 Å². The lowest BCUT2D eigenvalue weighted by molar-refractivity contribution is -0.161. The predicted molar refractivity (Wildman–Crippen MR) is 325 cm³/mol. The highest BCUT2D eigenvalue weighted by atomic mass is 31.2. The highest BCUT2D eigenvalue weighted by Crippen LogP contribution is 2.43. The molecule has 0 aliphatic carbocycles. The van der Waals surface area contributed by atoms with Crippen molar-refractivity contribution in [3.05, 3.63) is 97.2 Å². The molecule has 0 radical (unpaired) electrons. The van der Waals surface area contributed by atoms with E-state index in [1.54, 1.807) is 0 Å². The molecule has 448 valence electrons. The zero-order chi connectivity index (χ0) is 56.9. The summed E-state index contributed by atoms with van der Waals surface area (Å²) in [7, 11) is -4.77. The molecule has 11 nitrogen and oxygen atoms in total. The lowest BCUT2D eigenvalue weighted by Gasteiger charge is -2.21. The van der Waals surface area contributed by atoms with Crippen molar-refractivity contribution < 1.29 is 52.2 Å². The van der Waals surface area contributed by atoms with Crippen LogP contribution in [0.1, 0.15) is 265 Å². The minimum Gasteiger partial charge on any atom is -0.462 e. The summed E-state index contributed by atoms with van der Waals surface area (Å²) in [5.74, 6) is -1.50. The van der Waals surface area contributed by atoms with Gasteiger partial charge in [-0.15, -0.1) is 0 Å². The van der Waals surface area contributed by atoms with Gasteiger partial charge in [0.15, 0.2) is 6.10 Å². The summed E-state index contributed by atoms with van der Waals surface area (Å²) in [6, 6.07) is 0. The Bertz CT molecular complexity index is 1680. The number of rotatable bonds is 57. The van der Waals surface area contributed by atoms with Crippen LogP contribution in [0.4, 0.5) is 0 Å². The summed E-state index contributed by atoms with van der Waals surface area (Å²) in [5.41, 5.74) is 0. The van der Waals surface area contributed by atoms with Crippen LogP contribution in [0.5, 0.6) is 0 Å². The Morgan fingerprint density at radius 1 is 0.372 bits per heavy atom. The van der Waals surface area contributed by atoms with Gasteiger partial charge in [-0.3, -0.25) is 23.4 Å². The molecular formula is C66H113O11P. The molecule has 12 heteroatoms. The van der Waals surface area contributed by atoms with Crippen LogP contribution in [0.3, 0.4) is 0 Å². The summed E-state index contributed by atoms with van der Waals surface area (Å²) in [6.07, 6.45) is 70.7. The maximum absolute atomic E-state index is 12.9. The average molecular weight is 1110 g/mol. The van der Waals surface area contributed by atoms with Crippen molar-refractivity contribution >= 4 is 25.7 Å². The van der Waals surface area contributed by atoms with Crippen molar-refractivity contribution in [3.8, 4) is 0 Å². The molecule has 0 bridgehead atoms. The van der Waals surface area contributed by atoms with E-state index in [2.05, 4.69) is 118 Å². The van der Waals surface area contributed by atoms with E-state index in [-0.39, 0.29) is 25.9 Å². The van der Waals surface area contributed by atoms with Gasteiger partial charge >= 0.3 is 25.7 Å². The lowest BCUT2D eigenvalue weighted by Crippen LogP contribution is -2.30. The second kappa shape index (κ2) is 59.5. The van der Waals surface area contributed by atoms with Crippen molar-refractivity contribution in [1.82, 2.24) is 0 Å². The fourth-order valence-corrected chi connectivity index (χ4v) is 9.12. The maximum Gasteiger partial charge on any atom is 0.472 e. The van der Waals surface area contributed by atoms with Crippen LogP contribution >= 0.6 is 7.82 Å². The van der Waals surface area contributed by atoms with Crippen molar-refractivity contribution in [2.24, 2.45) is 0 Å². The number of carbonyl (C=O) groups excluding carboxylic acids is 3. The highest BCUT2D eigenvalue weighted by Gasteiger charge is 2.28. The first-order chi connectivity index (χ1) is 38.2. The van der Waals surface area contributed by atoms with E-state index in [9.17, 15) is 28.9 Å².